The molecule has 1 aromatic carbocycles. The van der Waals surface area contributed by atoms with Gasteiger partial charge in [-0.1, -0.05) is 30.3 Å². The molecule has 6 nitrogen and oxygen atoms in total. The molecule has 0 heterocycles. The van der Waals surface area contributed by atoms with Crippen molar-refractivity contribution in [3.8, 4) is 0 Å². The van der Waals surface area contributed by atoms with Crippen molar-refractivity contribution >= 4 is 28.3 Å². The lowest BCUT2D eigenvalue weighted by molar-refractivity contribution is -0.128. The second-order valence-electron chi connectivity index (χ2n) is 2.95. The minimum absolute atomic E-state index is 0.452. The van der Waals surface area contributed by atoms with Crippen LogP contribution in [0.4, 0.5) is 0 Å². The Kier molecular flexibility index (Phi) is 4.41. The van der Waals surface area contributed by atoms with Gasteiger partial charge in [-0.05, 0) is 11.6 Å². The number of aliphatic carboxylic acids is 1. The molecule has 0 atom stereocenters. The van der Waals surface area contributed by atoms with E-state index in [4.69, 9.17) is 5.11 Å². The molecule has 0 aliphatic heterocycles. The Hall–Kier alpha value is -2.15. The van der Waals surface area contributed by atoms with Crippen molar-refractivity contribution in [1.29, 1.82) is 0 Å². The first-order valence-electron chi connectivity index (χ1n) is 4.50. The van der Waals surface area contributed by atoms with Gasteiger partial charge in [0.2, 0.25) is 0 Å². The standard InChI is InChI=1S/C10H10N2O4S/c13-10(14)8-11-12-17(15,16)7-6-9-4-2-1-3-5-9/h1-8,12H,(H,13,14)/b7-6+,11-8+. The molecule has 0 aromatic heterocycles. The van der Waals surface area contributed by atoms with Crippen molar-refractivity contribution in [3.05, 3.63) is 41.3 Å². The third-order valence-electron chi connectivity index (χ3n) is 1.59. The van der Waals surface area contributed by atoms with E-state index in [0.717, 1.165) is 5.41 Å². The molecule has 2 N–H and O–H groups in total. The summed E-state index contributed by atoms with van der Waals surface area (Å²) in [7, 11) is -3.77. The zero-order valence-corrected chi connectivity index (χ0v) is 9.46. The van der Waals surface area contributed by atoms with Crippen LogP contribution in [0.2, 0.25) is 0 Å². The summed E-state index contributed by atoms with van der Waals surface area (Å²) in [6.45, 7) is 0. The minimum atomic E-state index is -3.77. The summed E-state index contributed by atoms with van der Waals surface area (Å²) >= 11 is 0. The van der Waals surface area contributed by atoms with Crippen LogP contribution in [0, 0.1) is 0 Å². The molecule has 0 aliphatic carbocycles. The number of carboxylic acid groups (broad SMARTS) is 1. The Labute approximate surface area is 98.3 Å². The van der Waals surface area contributed by atoms with Gasteiger partial charge in [0.15, 0.2) is 0 Å². The predicted octanol–water partition coefficient (Wildman–Crippen LogP) is 0.647. The van der Waals surface area contributed by atoms with Crippen LogP contribution in [0.5, 0.6) is 0 Å². The van der Waals surface area contributed by atoms with Crippen LogP contribution < -0.4 is 4.83 Å². The lowest BCUT2D eigenvalue weighted by Crippen LogP contribution is -2.16. The molecule has 0 saturated heterocycles. The van der Waals surface area contributed by atoms with Crippen molar-refractivity contribution in [1.82, 2.24) is 4.83 Å². The molecule has 0 aliphatic rings. The third kappa shape index (κ3) is 5.47. The van der Waals surface area contributed by atoms with E-state index < -0.39 is 16.0 Å². The Bertz CT molecular complexity index is 535. The highest BCUT2D eigenvalue weighted by Gasteiger charge is 2.01. The van der Waals surface area contributed by atoms with Crippen LogP contribution in [0.15, 0.2) is 40.8 Å². The SMILES string of the molecule is O=C(O)/C=N/NS(=O)(=O)/C=C/c1ccccc1. The van der Waals surface area contributed by atoms with E-state index in [1.165, 1.54) is 6.08 Å². The Morgan fingerprint density at radius 2 is 1.94 bits per heavy atom. The maximum absolute atomic E-state index is 11.3. The number of nitrogens with one attached hydrogen (secondary N) is 1. The first-order valence-corrected chi connectivity index (χ1v) is 6.05. The van der Waals surface area contributed by atoms with Crippen molar-refractivity contribution in [3.63, 3.8) is 0 Å². The van der Waals surface area contributed by atoms with E-state index in [0.29, 0.717) is 11.8 Å². The molecule has 90 valence electrons. The molecular weight excluding hydrogens is 244 g/mol. The molecule has 0 unspecified atom stereocenters. The largest absolute Gasteiger partial charge is 0.477 e. The number of hydrazone groups is 1. The molecule has 7 heteroatoms. The van der Waals surface area contributed by atoms with E-state index in [1.54, 1.807) is 35.2 Å². The average molecular weight is 254 g/mol. The van der Waals surface area contributed by atoms with Gasteiger partial charge in [0.1, 0.15) is 6.21 Å². The second-order valence-corrected chi connectivity index (χ2v) is 4.49. The van der Waals surface area contributed by atoms with Crippen LogP contribution in [0.1, 0.15) is 5.56 Å². The van der Waals surface area contributed by atoms with Gasteiger partial charge in [-0.25, -0.2) is 18.0 Å². The summed E-state index contributed by atoms with van der Waals surface area (Å²) in [4.78, 5) is 11.8. The van der Waals surface area contributed by atoms with E-state index in [-0.39, 0.29) is 0 Å². The highest BCUT2D eigenvalue weighted by molar-refractivity contribution is 7.92. The van der Waals surface area contributed by atoms with Gasteiger partial charge in [-0.3, -0.25) is 0 Å². The molecule has 0 saturated carbocycles. The number of nitrogens with zero attached hydrogens (tertiary/aromatic N) is 1. The van der Waals surface area contributed by atoms with Gasteiger partial charge in [-0.2, -0.15) is 5.10 Å². The summed E-state index contributed by atoms with van der Waals surface area (Å²) < 4.78 is 22.6. The van der Waals surface area contributed by atoms with Gasteiger partial charge < -0.3 is 5.11 Å². The number of benzene rings is 1. The van der Waals surface area contributed by atoms with Gasteiger partial charge in [0.05, 0.1) is 5.41 Å². The number of carbonyl (C=O) groups is 1. The zero-order chi connectivity index (χ0) is 12.7. The monoisotopic (exact) mass is 254 g/mol. The number of hydrogen-bond donors (Lipinski definition) is 2. The van der Waals surface area contributed by atoms with Crippen molar-refractivity contribution in [2.24, 2.45) is 5.10 Å². The first kappa shape index (κ1) is 12.9. The van der Waals surface area contributed by atoms with Crippen molar-refractivity contribution < 1.29 is 18.3 Å². The number of carboxylic acids is 1. The first-order chi connectivity index (χ1) is 7.99. The summed E-state index contributed by atoms with van der Waals surface area (Å²) in [5, 5.41) is 12.2. The molecule has 1 rings (SSSR count). The van der Waals surface area contributed by atoms with Crippen LogP contribution in [-0.2, 0) is 14.8 Å². The normalized spacial score (nSPS) is 12.0. The Morgan fingerprint density at radius 3 is 2.53 bits per heavy atom. The van der Waals surface area contributed by atoms with Crippen molar-refractivity contribution in [2.45, 2.75) is 0 Å². The Morgan fingerprint density at radius 1 is 1.29 bits per heavy atom. The van der Waals surface area contributed by atoms with Gasteiger partial charge >= 0.3 is 5.97 Å². The van der Waals surface area contributed by atoms with Gasteiger partial charge in [0, 0.05) is 0 Å². The fourth-order valence-electron chi connectivity index (χ4n) is 0.918. The van der Waals surface area contributed by atoms with E-state index in [2.05, 4.69) is 5.10 Å². The lowest BCUT2D eigenvalue weighted by Gasteiger charge is -1.96. The van der Waals surface area contributed by atoms with E-state index in [1.807, 2.05) is 0 Å². The van der Waals surface area contributed by atoms with Gasteiger partial charge in [-0.15, -0.1) is 0 Å². The summed E-state index contributed by atoms with van der Waals surface area (Å²) in [5.41, 5.74) is 0.708. The molecule has 0 fully saturated rings. The fourth-order valence-corrected chi connectivity index (χ4v) is 1.51. The summed E-state index contributed by atoms with van der Waals surface area (Å²) in [6, 6.07) is 8.80. The summed E-state index contributed by atoms with van der Waals surface area (Å²) in [6.07, 6.45) is 1.83. The molecule has 0 bridgehead atoms. The number of rotatable bonds is 5. The van der Waals surface area contributed by atoms with Gasteiger partial charge in [0.25, 0.3) is 10.0 Å². The van der Waals surface area contributed by atoms with Crippen LogP contribution in [0.25, 0.3) is 6.08 Å². The summed E-state index contributed by atoms with van der Waals surface area (Å²) in [5.74, 6) is -1.33. The molecule has 0 spiro atoms. The topological polar surface area (TPSA) is 95.8 Å². The highest BCUT2D eigenvalue weighted by atomic mass is 32.2. The number of sulfonamides is 1. The second kappa shape index (κ2) is 5.80. The van der Waals surface area contributed by atoms with Crippen LogP contribution in [-0.4, -0.2) is 25.7 Å². The third-order valence-corrected chi connectivity index (χ3v) is 2.45. The maximum atomic E-state index is 11.3. The van der Waals surface area contributed by atoms with E-state index >= 15 is 0 Å². The zero-order valence-electron chi connectivity index (χ0n) is 8.65. The molecule has 0 radical (unpaired) electrons. The predicted molar refractivity (Wildman–Crippen MR) is 63.7 cm³/mol. The quantitative estimate of drug-likeness (QED) is 0.595. The lowest BCUT2D eigenvalue weighted by atomic mass is 10.2. The Balaban J connectivity index is 2.67. The van der Waals surface area contributed by atoms with Crippen molar-refractivity contribution in [2.75, 3.05) is 0 Å². The maximum Gasteiger partial charge on any atom is 0.348 e. The smallest absolute Gasteiger partial charge is 0.348 e. The molecule has 0 amide bonds. The molecule has 17 heavy (non-hydrogen) atoms. The molecule has 1 aromatic rings. The van der Waals surface area contributed by atoms with Crippen LogP contribution >= 0.6 is 0 Å². The number of hydrogen-bond acceptors (Lipinski definition) is 4. The van der Waals surface area contributed by atoms with Crippen LogP contribution in [0.3, 0.4) is 0 Å². The highest BCUT2D eigenvalue weighted by Crippen LogP contribution is 2.02. The molecular formula is C10H10N2O4S. The van der Waals surface area contributed by atoms with E-state index in [9.17, 15) is 13.2 Å². The minimum Gasteiger partial charge on any atom is -0.477 e. The fraction of sp³-hybridized carbons (Fsp3) is 0. The average Bonchev–Trinajstić information content (AvgIpc) is 2.27.